The summed E-state index contributed by atoms with van der Waals surface area (Å²) in [6.07, 6.45) is 2.17. The summed E-state index contributed by atoms with van der Waals surface area (Å²) in [6.45, 7) is 6.07. The highest BCUT2D eigenvalue weighted by atomic mass is 35.5. The molecule has 4 rings (SSSR count). The van der Waals surface area contributed by atoms with Crippen LogP contribution in [0.1, 0.15) is 65.6 Å². The van der Waals surface area contributed by atoms with Crippen molar-refractivity contribution in [3.63, 3.8) is 0 Å². The number of likely N-dealkylation sites (N-methyl/N-ethyl adjacent to an activating group) is 1. The number of aliphatic imine (C=N–C) groups is 1. The minimum absolute atomic E-state index is 0.0522. The second kappa shape index (κ2) is 13.1. The normalized spacial score (nSPS) is 17.1. The number of hydrogen-bond donors (Lipinski definition) is 1. The van der Waals surface area contributed by atoms with E-state index in [1.54, 1.807) is 53.9 Å². The minimum Gasteiger partial charge on any atom is -0.479 e. The number of methoxy groups -OCH3 is 2. The molecule has 12 nitrogen and oxygen atoms in total. The van der Waals surface area contributed by atoms with Crippen LogP contribution in [-0.2, 0) is 4.74 Å². The van der Waals surface area contributed by atoms with E-state index < -0.39 is 18.2 Å². The van der Waals surface area contributed by atoms with Crippen molar-refractivity contribution in [2.24, 2.45) is 4.99 Å². The van der Waals surface area contributed by atoms with E-state index in [2.05, 4.69) is 16.0 Å². The Morgan fingerprint density at radius 2 is 1.98 bits per heavy atom. The van der Waals surface area contributed by atoms with Crippen LogP contribution in [0.3, 0.4) is 0 Å². The zero-order valence-corrected chi connectivity index (χ0v) is 25.0. The van der Waals surface area contributed by atoms with Crippen LogP contribution in [0.4, 0.5) is 0 Å². The average molecular weight is 594 g/mol. The van der Waals surface area contributed by atoms with Gasteiger partial charge in [-0.3, -0.25) is 9.89 Å². The molecule has 0 spiro atoms. The van der Waals surface area contributed by atoms with Gasteiger partial charge in [-0.05, 0) is 43.7 Å². The van der Waals surface area contributed by atoms with E-state index in [-0.39, 0.29) is 35.1 Å². The summed E-state index contributed by atoms with van der Waals surface area (Å²) in [7, 11) is 4.64. The molecule has 1 N–H and O–H groups in total. The van der Waals surface area contributed by atoms with Crippen molar-refractivity contribution in [1.29, 1.82) is 5.26 Å². The molecule has 42 heavy (non-hydrogen) atoms. The van der Waals surface area contributed by atoms with Gasteiger partial charge in [-0.2, -0.15) is 15.3 Å². The molecule has 0 saturated heterocycles. The van der Waals surface area contributed by atoms with E-state index in [1.165, 1.54) is 20.4 Å². The van der Waals surface area contributed by atoms with Crippen LogP contribution in [0.2, 0.25) is 0 Å². The summed E-state index contributed by atoms with van der Waals surface area (Å²) >= 11 is 6.34. The smallest absolute Gasteiger partial charge is 0.359 e. The zero-order valence-electron chi connectivity index (χ0n) is 24.2. The van der Waals surface area contributed by atoms with Crippen molar-refractivity contribution < 1.29 is 24.1 Å². The number of hydrogen-bond acceptors (Lipinski definition) is 11. The fourth-order valence-corrected chi connectivity index (χ4v) is 4.95. The quantitative estimate of drug-likeness (QED) is 0.363. The monoisotopic (exact) mass is 593 g/mol. The Labute approximate surface area is 248 Å². The highest BCUT2D eigenvalue weighted by molar-refractivity contribution is 6.32. The number of nitrogens with zero attached hydrogens (tertiary/aromatic N) is 7. The van der Waals surface area contributed by atoms with Crippen LogP contribution in [0.5, 0.6) is 11.9 Å². The standard InChI is InChI=1S/C29H32ClN7O5/c1-7-42-28(39)24-22(25(16(2)3)37(35-24)21-14-32-29(41-6)34-26(21)40-5)23(18-10-8-17(13-31)9-11-18)33-19-12-20(30)27(38)36(4)15-19/h8-12,14,16,23,27,38H,7,15H2,1-6H3. The first-order valence-electron chi connectivity index (χ1n) is 13.2. The van der Waals surface area contributed by atoms with Crippen molar-refractivity contribution in [3.8, 4) is 23.6 Å². The Morgan fingerprint density at radius 3 is 2.55 bits per heavy atom. The third-order valence-corrected chi connectivity index (χ3v) is 6.90. The lowest BCUT2D eigenvalue weighted by atomic mass is 9.92. The Kier molecular flexibility index (Phi) is 9.57. The largest absolute Gasteiger partial charge is 0.479 e. The first-order chi connectivity index (χ1) is 20.1. The van der Waals surface area contributed by atoms with Gasteiger partial charge >= 0.3 is 12.0 Å². The Hall–Kier alpha value is -4.31. The molecule has 1 aliphatic rings. The van der Waals surface area contributed by atoms with Gasteiger partial charge in [-0.25, -0.2) is 14.5 Å². The first kappa shape index (κ1) is 30.6. The summed E-state index contributed by atoms with van der Waals surface area (Å²) < 4.78 is 17.7. The molecule has 1 aliphatic heterocycles. The molecule has 0 amide bonds. The molecule has 0 radical (unpaired) electrons. The molecular weight excluding hydrogens is 562 g/mol. The Bertz CT molecular complexity index is 1560. The van der Waals surface area contributed by atoms with E-state index in [4.69, 9.17) is 35.9 Å². The molecule has 2 aromatic heterocycles. The van der Waals surface area contributed by atoms with Crippen LogP contribution in [-0.4, -0.2) is 82.1 Å². The van der Waals surface area contributed by atoms with E-state index in [9.17, 15) is 15.2 Å². The van der Waals surface area contributed by atoms with Crippen molar-refractivity contribution in [2.45, 2.75) is 39.0 Å². The van der Waals surface area contributed by atoms with Gasteiger partial charge in [0, 0.05) is 12.1 Å². The van der Waals surface area contributed by atoms with Gasteiger partial charge in [0.15, 0.2) is 5.69 Å². The molecule has 13 heteroatoms. The number of carbonyl (C=O) groups is 1. The molecular formula is C29H32ClN7O5. The van der Waals surface area contributed by atoms with Crippen LogP contribution in [0.25, 0.3) is 5.69 Å². The number of esters is 1. The van der Waals surface area contributed by atoms with Gasteiger partial charge in [-0.15, -0.1) is 0 Å². The number of rotatable bonds is 9. The number of aromatic nitrogens is 4. The maximum absolute atomic E-state index is 13.5. The number of halogens is 1. The summed E-state index contributed by atoms with van der Waals surface area (Å²) in [5.74, 6) is -0.629. The van der Waals surface area contributed by atoms with Crippen LogP contribution >= 0.6 is 11.6 Å². The SMILES string of the molecule is CCOC(=O)c1nn(-c2cnc(OC)nc2OC)c(C(C)C)c1C(N=C1C=C(Cl)C(O)N(C)C1)c1ccc(C#N)cc1. The maximum Gasteiger partial charge on any atom is 0.359 e. The lowest BCUT2D eigenvalue weighted by molar-refractivity contribution is 0.0517. The van der Waals surface area contributed by atoms with E-state index in [0.29, 0.717) is 40.3 Å². The first-order valence-corrected chi connectivity index (χ1v) is 13.6. The highest BCUT2D eigenvalue weighted by Crippen LogP contribution is 2.38. The van der Waals surface area contributed by atoms with Gasteiger partial charge in [0.2, 0.25) is 5.88 Å². The van der Waals surface area contributed by atoms with E-state index in [1.807, 2.05) is 13.8 Å². The van der Waals surface area contributed by atoms with Gasteiger partial charge in [-0.1, -0.05) is 37.6 Å². The molecule has 2 atom stereocenters. The molecule has 0 saturated carbocycles. The minimum atomic E-state index is -0.953. The molecule has 0 bridgehead atoms. The number of carbonyl (C=O) groups excluding carboxylic acids is 1. The third-order valence-electron chi connectivity index (χ3n) is 6.60. The highest BCUT2D eigenvalue weighted by Gasteiger charge is 2.34. The third kappa shape index (κ3) is 6.13. The summed E-state index contributed by atoms with van der Waals surface area (Å²) in [5, 5.41) is 24.7. The molecule has 2 unspecified atom stereocenters. The number of benzene rings is 1. The molecule has 0 fully saturated rings. The number of aliphatic hydroxyl groups is 1. The van der Waals surface area contributed by atoms with Gasteiger partial charge in [0.25, 0.3) is 0 Å². The zero-order chi connectivity index (χ0) is 30.6. The predicted octanol–water partition coefficient (Wildman–Crippen LogP) is 3.77. The second-order valence-corrected chi connectivity index (χ2v) is 10.2. The fraction of sp³-hybridized carbons (Fsp3) is 0.379. The molecule has 220 valence electrons. The van der Waals surface area contributed by atoms with E-state index >= 15 is 0 Å². The maximum atomic E-state index is 13.5. The van der Waals surface area contributed by atoms with Crippen molar-refractivity contribution in [2.75, 3.05) is 34.4 Å². The lowest BCUT2D eigenvalue weighted by Crippen LogP contribution is -2.39. The molecule has 0 aliphatic carbocycles. The molecule has 3 aromatic rings. The Morgan fingerprint density at radius 1 is 1.26 bits per heavy atom. The van der Waals surface area contributed by atoms with Crippen molar-refractivity contribution in [3.05, 3.63) is 69.6 Å². The van der Waals surface area contributed by atoms with Crippen LogP contribution in [0.15, 0.2) is 46.6 Å². The van der Waals surface area contributed by atoms with Crippen LogP contribution in [0, 0.1) is 11.3 Å². The molecule has 1 aromatic carbocycles. The predicted molar refractivity (Wildman–Crippen MR) is 155 cm³/mol. The average Bonchev–Trinajstić information content (AvgIpc) is 3.39. The summed E-state index contributed by atoms with van der Waals surface area (Å²) in [6, 6.07) is 8.41. The van der Waals surface area contributed by atoms with Crippen LogP contribution < -0.4 is 9.47 Å². The Balaban J connectivity index is 2.07. The summed E-state index contributed by atoms with van der Waals surface area (Å²) in [5.41, 5.74) is 3.32. The van der Waals surface area contributed by atoms with Gasteiger partial charge in [0.05, 0.1) is 55.1 Å². The fourth-order valence-electron chi connectivity index (χ4n) is 4.66. The van der Waals surface area contributed by atoms with E-state index in [0.717, 1.165) is 0 Å². The molecule has 3 heterocycles. The van der Waals surface area contributed by atoms with Crippen molar-refractivity contribution >= 4 is 23.3 Å². The summed E-state index contributed by atoms with van der Waals surface area (Å²) in [4.78, 5) is 28.7. The van der Waals surface area contributed by atoms with Gasteiger partial charge < -0.3 is 19.3 Å². The van der Waals surface area contributed by atoms with Gasteiger partial charge in [0.1, 0.15) is 18.0 Å². The second-order valence-electron chi connectivity index (χ2n) is 9.76. The number of aliphatic hydroxyl groups excluding tert-OH is 1. The number of ether oxygens (including phenoxy) is 3. The number of nitriles is 1. The lowest BCUT2D eigenvalue weighted by Gasteiger charge is -2.28. The van der Waals surface area contributed by atoms with Crippen molar-refractivity contribution in [1.82, 2.24) is 24.6 Å². The topological polar surface area (TPSA) is 148 Å².